The van der Waals surface area contributed by atoms with Crippen LogP contribution in [0.1, 0.15) is 38.7 Å². The molecule has 1 N–H and O–H groups in total. The molecule has 1 fully saturated rings. The number of aliphatic hydroxyl groups is 1. The van der Waals surface area contributed by atoms with Gasteiger partial charge in [-0.05, 0) is 86.2 Å². The fourth-order valence-corrected chi connectivity index (χ4v) is 4.42. The van der Waals surface area contributed by atoms with Gasteiger partial charge in [0.25, 0.3) is 0 Å². The molecule has 4 nitrogen and oxygen atoms in total. The van der Waals surface area contributed by atoms with Crippen LogP contribution in [0.3, 0.4) is 0 Å². The highest BCUT2D eigenvalue weighted by atomic mass is 32.1. The van der Waals surface area contributed by atoms with Gasteiger partial charge in [0.1, 0.15) is 5.75 Å². The number of hydrogen-bond acceptors (Lipinski definition) is 5. The molecule has 0 saturated carbocycles. The minimum Gasteiger partial charge on any atom is -0.491 e. The van der Waals surface area contributed by atoms with Gasteiger partial charge >= 0.3 is 0 Å². The van der Waals surface area contributed by atoms with Crippen molar-refractivity contribution < 1.29 is 9.84 Å². The van der Waals surface area contributed by atoms with Gasteiger partial charge < -0.3 is 19.6 Å². The molecule has 0 radical (unpaired) electrons. The first kappa shape index (κ1) is 21.2. The van der Waals surface area contributed by atoms with E-state index in [4.69, 9.17) is 4.74 Å². The van der Waals surface area contributed by atoms with E-state index < -0.39 is 5.60 Å². The molecule has 1 aromatic carbocycles. The van der Waals surface area contributed by atoms with E-state index in [1.807, 2.05) is 26.0 Å². The number of nitrogens with zero attached hydrogens (tertiary/aromatic N) is 2. The van der Waals surface area contributed by atoms with Gasteiger partial charge in [0, 0.05) is 38.9 Å². The molecule has 2 aromatic rings. The molecule has 0 bridgehead atoms. The Morgan fingerprint density at radius 1 is 1.18 bits per heavy atom. The topological polar surface area (TPSA) is 35.9 Å². The third-order valence-corrected chi connectivity index (χ3v) is 6.38. The Labute approximate surface area is 173 Å². The number of benzene rings is 1. The molecule has 1 aliphatic heterocycles. The third kappa shape index (κ3) is 6.23. The van der Waals surface area contributed by atoms with Crippen LogP contribution in [0.2, 0.25) is 0 Å². The average molecular weight is 403 g/mol. The Balaban J connectivity index is 1.41. The summed E-state index contributed by atoms with van der Waals surface area (Å²) in [5.74, 6) is 0.903. The number of thiophene rings is 1. The van der Waals surface area contributed by atoms with Gasteiger partial charge in [-0.1, -0.05) is 0 Å². The Morgan fingerprint density at radius 2 is 1.89 bits per heavy atom. The van der Waals surface area contributed by atoms with E-state index in [1.54, 1.807) is 11.3 Å². The van der Waals surface area contributed by atoms with Crippen LogP contribution in [0.5, 0.6) is 5.75 Å². The van der Waals surface area contributed by atoms with Crippen molar-refractivity contribution in [2.45, 2.75) is 51.2 Å². The van der Waals surface area contributed by atoms with Crippen molar-refractivity contribution in [2.75, 3.05) is 38.1 Å². The number of rotatable bonds is 9. The summed E-state index contributed by atoms with van der Waals surface area (Å²) in [4.78, 5) is 4.71. The molecule has 3 rings (SSSR count). The summed E-state index contributed by atoms with van der Waals surface area (Å²) in [5, 5.41) is 15.4. The van der Waals surface area contributed by atoms with Crippen LogP contribution >= 0.6 is 11.3 Å². The predicted molar refractivity (Wildman–Crippen MR) is 119 cm³/mol. The van der Waals surface area contributed by atoms with Crippen LogP contribution in [0.15, 0.2) is 41.1 Å². The van der Waals surface area contributed by atoms with Crippen LogP contribution < -0.4 is 9.64 Å². The normalized spacial score (nSPS) is 17.0. The summed E-state index contributed by atoms with van der Waals surface area (Å²) in [6, 6.07) is 10.4. The number of ether oxygens (including phenoxy) is 1. The lowest BCUT2D eigenvalue weighted by atomic mass is 9.88. The van der Waals surface area contributed by atoms with Crippen molar-refractivity contribution in [1.82, 2.24) is 4.90 Å². The van der Waals surface area contributed by atoms with Gasteiger partial charge in [0.2, 0.25) is 0 Å². The molecule has 154 valence electrons. The molecule has 1 saturated heterocycles. The zero-order chi connectivity index (χ0) is 20.0. The van der Waals surface area contributed by atoms with Crippen molar-refractivity contribution >= 4 is 17.0 Å². The lowest BCUT2D eigenvalue weighted by Gasteiger charge is -2.39. The largest absolute Gasteiger partial charge is 0.491 e. The van der Waals surface area contributed by atoms with Crippen LogP contribution in [0.4, 0.5) is 5.69 Å². The van der Waals surface area contributed by atoms with Gasteiger partial charge in [-0.3, -0.25) is 0 Å². The zero-order valence-electron chi connectivity index (χ0n) is 17.4. The molecule has 0 aliphatic carbocycles. The van der Waals surface area contributed by atoms with Gasteiger partial charge in [-0.2, -0.15) is 11.3 Å². The SMILES string of the molecule is CC(C)Oc1ccc(N(C)CCC2(O)CCN(CCc3ccsc3)CC2)cc1. The molecule has 0 amide bonds. The first-order valence-electron chi connectivity index (χ1n) is 10.4. The summed E-state index contributed by atoms with van der Waals surface area (Å²) >= 11 is 1.77. The van der Waals surface area contributed by atoms with Crippen molar-refractivity contribution in [3.63, 3.8) is 0 Å². The molecule has 1 aromatic heterocycles. The van der Waals surface area contributed by atoms with E-state index >= 15 is 0 Å². The molecule has 0 atom stereocenters. The fourth-order valence-electron chi connectivity index (χ4n) is 3.72. The maximum atomic E-state index is 11.0. The number of likely N-dealkylation sites (tertiary alicyclic amines) is 1. The van der Waals surface area contributed by atoms with Crippen LogP contribution in [-0.4, -0.2) is 54.9 Å². The van der Waals surface area contributed by atoms with Crippen molar-refractivity contribution in [3.05, 3.63) is 46.7 Å². The highest BCUT2D eigenvalue weighted by Crippen LogP contribution is 2.27. The van der Waals surface area contributed by atoms with E-state index in [-0.39, 0.29) is 6.10 Å². The Bertz CT molecular complexity index is 692. The Hall–Kier alpha value is -1.56. The summed E-state index contributed by atoms with van der Waals surface area (Å²) in [7, 11) is 2.09. The van der Waals surface area contributed by atoms with Crippen molar-refractivity contribution in [1.29, 1.82) is 0 Å². The molecule has 0 unspecified atom stereocenters. The van der Waals surface area contributed by atoms with Gasteiger partial charge in [0.15, 0.2) is 0 Å². The molecule has 28 heavy (non-hydrogen) atoms. The summed E-state index contributed by atoms with van der Waals surface area (Å²) < 4.78 is 5.71. The van der Waals surface area contributed by atoms with E-state index in [9.17, 15) is 5.11 Å². The van der Waals surface area contributed by atoms with Crippen molar-refractivity contribution in [2.24, 2.45) is 0 Å². The summed E-state index contributed by atoms with van der Waals surface area (Å²) in [5.41, 5.74) is 2.05. The number of hydrogen-bond donors (Lipinski definition) is 1. The second kappa shape index (κ2) is 9.77. The number of piperidine rings is 1. The standard InChI is InChI=1S/C23H34N2O2S/c1-19(2)27-22-6-4-21(5-7-22)24(3)14-10-23(26)11-15-25(16-12-23)13-8-20-9-17-28-18-20/h4-7,9,17-19,26H,8,10-16H2,1-3H3. The van der Waals surface area contributed by atoms with Crippen LogP contribution in [0.25, 0.3) is 0 Å². The van der Waals surface area contributed by atoms with E-state index in [0.29, 0.717) is 0 Å². The van der Waals surface area contributed by atoms with E-state index in [1.165, 1.54) is 5.56 Å². The molecule has 0 spiro atoms. The smallest absolute Gasteiger partial charge is 0.119 e. The maximum Gasteiger partial charge on any atom is 0.119 e. The highest BCUT2D eigenvalue weighted by Gasteiger charge is 2.32. The van der Waals surface area contributed by atoms with Gasteiger partial charge in [-0.15, -0.1) is 0 Å². The Kier molecular flexibility index (Phi) is 7.38. The zero-order valence-corrected chi connectivity index (χ0v) is 18.3. The molecular weight excluding hydrogens is 368 g/mol. The summed E-state index contributed by atoms with van der Waals surface area (Å²) in [6.07, 6.45) is 3.85. The quantitative estimate of drug-likeness (QED) is 0.673. The predicted octanol–water partition coefficient (Wildman–Crippen LogP) is 4.43. The highest BCUT2D eigenvalue weighted by molar-refractivity contribution is 7.07. The Morgan fingerprint density at radius 3 is 2.50 bits per heavy atom. The van der Waals surface area contributed by atoms with E-state index in [2.05, 4.69) is 45.8 Å². The monoisotopic (exact) mass is 402 g/mol. The molecular formula is C23H34N2O2S. The molecule has 5 heteroatoms. The minimum absolute atomic E-state index is 0.189. The van der Waals surface area contributed by atoms with Crippen LogP contribution in [0, 0.1) is 0 Å². The lowest BCUT2D eigenvalue weighted by molar-refractivity contribution is -0.0254. The second-order valence-electron chi connectivity index (χ2n) is 8.28. The summed E-state index contributed by atoms with van der Waals surface area (Å²) in [6.45, 7) is 8.01. The fraction of sp³-hybridized carbons (Fsp3) is 0.565. The third-order valence-electron chi connectivity index (χ3n) is 5.65. The molecule has 2 heterocycles. The van der Waals surface area contributed by atoms with Crippen molar-refractivity contribution in [3.8, 4) is 5.75 Å². The first-order valence-corrected chi connectivity index (χ1v) is 11.3. The average Bonchev–Trinajstić information content (AvgIpc) is 3.20. The van der Waals surface area contributed by atoms with Gasteiger partial charge in [-0.25, -0.2) is 0 Å². The minimum atomic E-state index is -0.534. The number of anilines is 1. The van der Waals surface area contributed by atoms with Gasteiger partial charge in [0.05, 0.1) is 11.7 Å². The van der Waals surface area contributed by atoms with Crippen LogP contribution in [-0.2, 0) is 6.42 Å². The lowest BCUT2D eigenvalue weighted by Crippen LogP contribution is -2.46. The molecule has 1 aliphatic rings. The second-order valence-corrected chi connectivity index (χ2v) is 9.06. The van der Waals surface area contributed by atoms with E-state index in [0.717, 1.165) is 63.3 Å². The maximum absolute atomic E-state index is 11.0. The first-order chi connectivity index (χ1) is 13.4.